The van der Waals surface area contributed by atoms with Gasteiger partial charge in [0.05, 0.1) is 11.4 Å². The lowest BCUT2D eigenvalue weighted by Crippen LogP contribution is -2.25. The van der Waals surface area contributed by atoms with Crippen molar-refractivity contribution in [3.8, 4) is 0 Å². The molecule has 0 amide bonds. The third kappa shape index (κ3) is 4.28. The Morgan fingerprint density at radius 2 is 1.48 bits per heavy atom. The molecule has 2 aromatic rings. The van der Waals surface area contributed by atoms with Crippen LogP contribution >= 0.6 is 47.4 Å². The second-order valence-corrected chi connectivity index (χ2v) is 7.59. The van der Waals surface area contributed by atoms with Crippen molar-refractivity contribution in [1.29, 1.82) is 0 Å². The SMILES string of the molecule is CN(C)CCCN1c2cc(Cl)ccc2Sc2ccc(Cl)cc21.Cl. The molecule has 0 atom stereocenters. The Labute approximate surface area is 158 Å². The van der Waals surface area contributed by atoms with Gasteiger partial charge in [0.15, 0.2) is 0 Å². The number of fused-ring (bicyclic) bond motifs is 2. The fraction of sp³-hybridized carbons (Fsp3) is 0.294. The normalized spacial score (nSPS) is 12.7. The Hall–Kier alpha value is -0.580. The molecule has 3 rings (SSSR count). The number of halogens is 3. The van der Waals surface area contributed by atoms with Gasteiger partial charge in [0.25, 0.3) is 0 Å². The van der Waals surface area contributed by atoms with Crippen LogP contribution in [0.5, 0.6) is 0 Å². The first-order valence-electron chi connectivity index (χ1n) is 7.24. The van der Waals surface area contributed by atoms with Crippen LogP contribution in [0.25, 0.3) is 0 Å². The molecular formula is C17H19Cl3N2S. The largest absolute Gasteiger partial charge is 0.340 e. The maximum Gasteiger partial charge on any atom is 0.0567 e. The highest BCUT2D eigenvalue weighted by Gasteiger charge is 2.23. The molecule has 2 nitrogen and oxygen atoms in total. The van der Waals surface area contributed by atoms with Gasteiger partial charge in [-0.25, -0.2) is 0 Å². The fourth-order valence-corrected chi connectivity index (χ4v) is 4.00. The van der Waals surface area contributed by atoms with Gasteiger partial charge in [-0.2, -0.15) is 0 Å². The van der Waals surface area contributed by atoms with Gasteiger partial charge in [-0.3, -0.25) is 0 Å². The summed E-state index contributed by atoms with van der Waals surface area (Å²) in [5.41, 5.74) is 2.34. The molecule has 0 N–H and O–H groups in total. The summed E-state index contributed by atoms with van der Waals surface area (Å²) in [6.45, 7) is 1.99. The first-order valence-corrected chi connectivity index (χ1v) is 8.81. The second kappa shape index (κ2) is 8.00. The van der Waals surface area contributed by atoms with E-state index in [0.717, 1.165) is 29.6 Å². The highest BCUT2D eigenvalue weighted by Crippen LogP contribution is 2.49. The van der Waals surface area contributed by atoms with E-state index in [4.69, 9.17) is 23.2 Å². The van der Waals surface area contributed by atoms with Gasteiger partial charge in [0.2, 0.25) is 0 Å². The summed E-state index contributed by atoms with van der Waals surface area (Å²) in [5.74, 6) is 0. The first-order chi connectivity index (χ1) is 10.5. The van der Waals surface area contributed by atoms with Gasteiger partial charge in [0, 0.05) is 26.4 Å². The standard InChI is InChI=1S/C17H18Cl2N2S.ClH/c1-20(2)8-3-9-21-14-10-12(18)4-6-16(14)22-17-7-5-13(19)11-15(17)21;/h4-7,10-11H,3,8-9H2,1-2H3;1H. The van der Waals surface area contributed by atoms with Crippen LogP contribution in [0.1, 0.15) is 6.42 Å². The first kappa shape index (κ1) is 18.8. The summed E-state index contributed by atoms with van der Waals surface area (Å²) in [7, 11) is 4.20. The molecular weight excluding hydrogens is 371 g/mol. The van der Waals surface area contributed by atoms with E-state index >= 15 is 0 Å². The minimum Gasteiger partial charge on any atom is -0.340 e. The Morgan fingerprint density at radius 3 is 1.96 bits per heavy atom. The topological polar surface area (TPSA) is 6.48 Å². The van der Waals surface area contributed by atoms with Crippen LogP contribution in [-0.4, -0.2) is 32.1 Å². The van der Waals surface area contributed by atoms with E-state index in [1.807, 2.05) is 24.3 Å². The van der Waals surface area contributed by atoms with Crippen molar-refractivity contribution < 1.29 is 0 Å². The van der Waals surface area contributed by atoms with Crippen LogP contribution in [-0.2, 0) is 0 Å². The monoisotopic (exact) mass is 388 g/mol. The van der Waals surface area contributed by atoms with Crippen LogP contribution in [0.3, 0.4) is 0 Å². The molecule has 0 fully saturated rings. The average molecular weight is 390 g/mol. The third-order valence-electron chi connectivity index (χ3n) is 3.63. The fourth-order valence-electron chi connectivity index (χ4n) is 2.61. The molecule has 0 bridgehead atoms. The van der Waals surface area contributed by atoms with E-state index in [-0.39, 0.29) is 12.4 Å². The molecule has 6 heteroatoms. The maximum atomic E-state index is 6.21. The van der Waals surface area contributed by atoms with Crippen LogP contribution < -0.4 is 4.90 Å². The van der Waals surface area contributed by atoms with Crippen LogP contribution in [0.15, 0.2) is 46.2 Å². The van der Waals surface area contributed by atoms with Crippen LogP contribution in [0.2, 0.25) is 10.0 Å². The lowest BCUT2D eigenvalue weighted by atomic mass is 10.2. The number of rotatable bonds is 4. The lowest BCUT2D eigenvalue weighted by molar-refractivity contribution is 0.402. The highest BCUT2D eigenvalue weighted by atomic mass is 35.5. The molecule has 0 saturated heterocycles. The second-order valence-electron chi connectivity index (χ2n) is 5.63. The predicted octanol–water partition coefficient (Wildman–Crippen LogP) is 5.97. The molecule has 1 heterocycles. The van der Waals surface area contributed by atoms with E-state index < -0.39 is 0 Å². The number of hydrogen-bond acceptors (Lipinski definition) is 3. The quantitative estimate of drug-likeness (QED) is 0.636. The molecule has 1 aliphatic heterocycles. The Morgan fingerprint density at radius 1 is 0.957 bits per heavy atom. The van der Waals surface area contributed by atoms with E-state index in [9.17, 15) is 0 Å². The Bertz CT molecular complexity index is 640. The summed E-state index contributed by atoms with van der Waals surface area (Å²) in [4.78, 5) is 7.02. The smallest absolute Gasteiger partial charge is 0.0567 e. The predicted molar refractivity (Wildman–Crippen MR) is 104 cm³/mol. The van der Waals surface area contributed by atoms with Crippen molar-refractivity contribution in [3.63, 3.8) is 0 Å². The van der Waals surface area contributed by atoms with Gasteiger partial charge in [0.1, 0.15) is 0 Å². The van der Waals surface area contributed by atoms with Gasteiger partial charge in [-0.1, -0.05) is 35.0 Å². The zero-order chi connectivity index (χ0) is 15.7. The van der Waals surface area contributed by atoms with Crippen molar-refractivity contribution in [3.05, 3.63) is 46.4 Å². The van der Waals surface area contributed by atoms with Crippen molar-refractivity contribution in [2.75, 3.05) is 32.1 Å². The summed E-state index contributed by atoms with van der Waals surface area (Å²) in [6, 6.07) is 12.2. The van der Waals surface area contributed by atoms with Crippen molar-refractivity contribution >= 4 is 58.7 Å². The molecule has 124 valence electrons. The molecule has 1 aliphatic rings. The number of anilines is 2. The minimum atomic E-state index is 0. The minimum absolute atomic E-state index is 0. The van der Waals surface area contributed by atoms with E-state index in [1.54, 1.807) is 11.8 Å². The zero-order valence-electron chi connectivity index (χ0n) is 13.1. The summed E-state index contributed by atoms with van der Waals surface area (Å²) in [5, 5.41) is 1.53. The summed E-state index contributed by atoms with van der Waals surface area (Å²) >= 11 is 14.2. The maximum absolute atomic E-state index is 6.21. The van der Waals surface area contributed by atoms with E-state index in [2.05, 4.69) is 36.0 Å². The van der Waals surface area contributed by atoms with Crippen molar-refractivity contribution in [2.45, 2.75) is 16.2 Å². The molecule has 23 heavy (non-hydrogen) atoms. The highest BCUT2D eigenvalue weighted by molar-refractivity contribution is 7.99. The number of nitrogens with zero attached hydrogens (tertiary/aromatic N) is 2. The van der Waals surface area contributed by atoms with Gasteiger partial charge >= 0.3 is 0 Å². The Balaban J connectivity index is 0.00000192. The molecule has 0 saturated carbocycles. The van der Waals surface area contributed by atoms with Gasteiger partial charge in [-0.05, 0) is 63.5 Å². The molecule has 0 aromatic heterocycles. The molecule has 0 spiro atoms. The van der Waals surface area contributed by atoms with Crippen molar-refractivity contribution in [2.24, 2.45) is 0 Å². The molecule has 0 unspecified atom stereocenters. The average Bonchev–Trinajstić information content (AvgIpc) is 2.47. The number of benzene rings is 2. The van der Waals surface area contributed by atoms with Gasteiger partial charge in [-0.15, -0.1) is 12.4 Å². The van der Waals surface area contributed by atoms with Crippen molar-refractivity contribution in [1.82, 2.24) is 4.90 Å². The third-order valence-corrected chi connectivity index (χ3v) is 5.23. The van der Waals surface area contributed by atoms with Crippen LogP contribution in [0, 0.1) is 0 Å². The number of hydrogen-bond donors (Lipinski definition) is 0. The molecule has 2 aromatic carbocycles. The molecule has 0 aliphatic carbocycles. The summed E-state index contributed by atoms with van der Waals surface area (Å²) in [6.07, 6.45) is 1.08. The lowest BCUT2D eigenvalue weighted by Gasteiger charge is -2.33. The molecule has 0 radical (unpaired) electrons. The summed E-state index contributed by atoms with van der Waals surface area (Å²) < 4.78 is 0. The van der Waals surface area contributed by atoms with E-state index in [0.29, 0.717) is 0 Å². The zero-order valence-corrected chi connectivity index (χ0v) is 16.2. The Kier molecular flexibility index (Phi) is 6.52. The van der Waals surface area contributed by atoms with Crippen LogP contribution in [0.4, 0.5) is 11.4 Å². The van der Waals surface area contributed by atoms with E-state index in [1.165, 1.54) is 21.2 Å². The van der Waals surface area contributed by atoms with Gasteiger partial charge < -0.3 is 9.80 Å².